The molecule has 0 fully saturated rings. The van der Waals surface area contributed by atoms with Gasteiger partial charge in [0, 0.05) is 25.6 Å². The van der Waals surface area contributed by atoms with E-state index in [4.69, 9.17) is 14.5 Å². The molecule has 1 heterocycles. The Morgan fingerprint density at radius 3 is 2.44 bits per heavy atom. The average molecular weight is 354 g/mol. The van der Waals surface area contributed by atoms with Crippen molar-refractivity contribution < 1.29 is 9.47 Å². The van der Waals surface area contributed by atoms with Gasteiger partial charge in [-0.25, -0.2) is 4.99 Å². The van der Waals surface area contributed by atoms with Gasteiger partial charge in [-0.05, 0) is 48.4 Å². The quantitative estimate of drug-likeness (QED) is 0.586. The number of para-hydroxylation sites is 1. The fraction of sp³-hybridized carbons (Fsp3) is 0.250. The highest BCUT2D eigenvalue weighted by atomic mass is 32.1. The first-order valence-corrected chi connectivity index (χ1v) is 9.11. The molecule has 130 valence electrons. The zero-order valence-electron chi connectivity index (χ0n) is 14.5. The van der Waals surface area contributed by atoms with Crippen LogP contribution in [0.4, 0.5) is 5.69 Å². The van der Waals surface area contributed by atoms with Crippen molar-refractivity contribution in [2.75, 3.05) is 20.8 Å². The van der Waals surface area contributed by atoms with Crippen LogP contribution in [-0.2, 0) is 11.3 Å². The summed E-state index contributed by atoms with van der Waals surface area (Å²) < 4.78 is 12.7. The largest absolute Gasteiger partial charge is 0.497 e. The Morgan fingerprint density at radius 1 is 1.00 bits per heavy atom. The van der Waals surface area contributed by atoms with E-state index < -0.39 is 0 Å². The summed E-state index contributed by atoms with van der Waals surface area (Å²) >= 11 is 1.66. The fourth-order valence-corrected chi connectivity index (χ4v) is 3.56. The van der Waals surface area contributed by atoms with E-state index in [1.807, 2.05) is 42.5 Å². The van der Waals surface area contributed by atoms with Crippen LogP contribution in [0.2, 0.25) is 0 Å². The van der Waals surface area contributed by atoms with Crippen molar-refractivity contribution in [2.24, 2.45) is 4.99 Å². The maximum atomic E-state index is 5.26. The number of ether oxygens (including phenoxy) is 2. The Hall–Kier alpha value is -2.37. The normalized spacial score (nSPS) is 11.7. The lowest BCUT2D eigenvalue weighted by atomic mass is 10.1. The van der Waals surface area contributed by atoms with Crippen LogP contribution in [0.1, 0.15) is 6.42 Å². The number of aromatic nitrogens is 1. The van der Waals surface area contributed by atoms with Crippen molar-refractivity contribution in [1.29, 1.82) is 0 Å². The van der Waals surface area contributed by atoms with Gasteiger partial charge in [0.25, 0.3) is 0 Å². The van der Waals surface area contributed by atoms with Crippen molar-refractivity contribution in [3.63, 3.8) is 0 Å². The van der Waals surface area contributed by atoms with Gasteiger partial charge >= 0.3 is 0 Å². The van der Waals surface area contributed by atoms with Gasteiger partial charge in [0.2, 0.25) is 0 Å². The number of hydrogen-bond acceptors (Lipinski definition) is 4. The first-order valence-electron chi connectivity index (χ1n) is 8.23. The minimum Gasteiger partial charge on any atom is -0.497 e. The molecule has 2 aromatic carbocycles. The second-order valence-electron chi connectivity index (χ2n) is 5.58. The van der Waals surface area contributed by atoms with Crippen LogP contribution in [0.15, 0.2) is 65.0 Å². The highest BCUT2D eigenvalue weighted by molar-refractivity contribution is 7.07. The lowest BCUT2D eigenvalue weighted by Gasteiger charge is -2.09. The zero-order valence-corrected chi connectivity index (χ0v) is 15.3. The Morgan fingerprint density at radius 2 is 1.76 bits per heavy atom. The first-order chi connectivity index (χ1) is 12.3. The fourth-order valence-electron chi connectivity index (χ4n) is 2.61. The molecule has 0 bridgehead atoms. The monoisotopic (exact) mass is 354 g/mol. The van der Waals surface area contributed by atoms with Crippen molar-refractivity contribution in [3.8, 4) is 17.0 Å². The molecule has 0 unspecified atom stereocenters. The van der Waals surface area contributed by atoms with Crippen LogP contribution in [0.5, 0.6) is 5.75 Å². The van der Waals surface area contributed by atoms with Crippen molar-refractivity contribution in [2.45, 2.75) is 13.0 Å². The minimum absolute atomic E-state index is 0.732. The average Bonchev–Trinajstić information content (AvgIpc) is 3.05. The summed E-state index contributed by atoms with van der Waals surface area (Å²) in [4.78, 5) is 5.81. The predicted molar refractivity (Wildman–Crippen MR) is 102 cm³/mol. The Bertz CT molecular complexity index is 851. The topological polar surface area (TPSA) is 35.8 Å². The van der Waals surface area contributed by atoms with Crippen LogP contribution >= 0.6 is 11.3 Å². The van der Waals surface area contributed by atoms with E-state index in [9.17, 15) is 0 Å². The second-order valence-corrected chi connectivity index (χ2v) is 6.41. The van der Waals surface area contributed by atoms with Gasteiger partial charge in [0.15, 0.2) is 4.80 Å². The number of nitrogens with zero attached hydrogens (tertiary/aromatic N) is 2. The molecule has 25 heavy (non-hydrogen) atoms. The van der Waals surface area contributed by atoms with Crippen LogP contribution in [0.25, 0.3) is 11.3 Å². The molecular formula is C20H22N2O2S. The molecule has 0 atom stereocenters. The summed E-state index contributed by atoms with van der Waals surface area (Å²) in [6, 6.07) is 18.2. The number of hydrogen-bond donors (Lipinski definition) is 0. The van der Waals surface area contributed by atoms with E-state index in [1.54, 1.807) is 25.6 Å². The number of methoxy groups -OCH3 is 2. The van der Waals surface area contributed by atoms with E-state index in [1.165, 1.54) is 5.69 Å². The molecule has 0 aliphatic rings. The lowest BCUT2D eigenvalue weighted by molar-refractivity contribution is 0.190. The van der Waals surface area contributed by atoms with Gasteiger partial charge in [-0.2, -0.15) is 0 Å². The summed E-state index contributed by atoms with van der Waals surface area (Å²) in [6.45, 7) is 1.60. The van der Waals surface area contributed by atoms with E-state index in [0.717, 1.165) is 41.4 Å². The summed E-state index contributed by atoms with van der Waals surface area (Å²) in [5.41, 5.74) is 3.29. The predicted octanol–water partition coefficient (Wildman–Crippen LogP) is 4.49. The maximum absolute atomic E-state index is 5.26. The third-order valence-electron chi connectivity index (χ3n) is 3.89. The van der Waals surface area contributed by atoms with Gasteiger partial charge in [0.1, 0.15) is 5.75 Å². The van der Waals surface area contributed by atoms with Crippen LogP contribution in [0, 0.1) is 0 Å². The minimum atomic E-state index is 0.732. The smallest absolute Gasteiger partial charge is 0.190 e. The van der Waals surface area contributed by atoms with Gasteiger partial charge in [0.05, 0.1) is 18.5 Å². The van der Waals surface area contributed by atoms with E-state index in [0.29, 0.717) is 0 Å². The summed E-state index contributed by atoms with van der Waals surface area (Å²) in [5.74, 6) is 0.860. The van der Waals surface area contributed by atoms with Crippen LogP contribution < -0.4 is 9.54 Å². The summed E-state index contributed by atoms with van der Waals surface area (Å²) in [6.07, 6.45) is 0.943. The summed E-state index contributed by atoms with van der Waals surface area (Å²) in [7, 11) is 3.42. The molecule has 5 heteroatoms. The van der Waals surface area contributed by atoms with Gasteiger partial charge in [-0.3, -0.25) is 0 Å². The highest BCUT2D eigenvalue weighted by Crippen LogP contribution is 2.23. The number of thiazole rings is 1. The molecule has 1 aromatic heterocycles. The highest BCUT2D eigenvalue weighted by Gasteiger charge is 2.08. The Kier molecular flexibility index (Phi) is 6.04. The summed E-state index contributed by atoms with van der Waals surface area (Å²) in [5, 5.41) is 2.16. The SMILES string of the molecule is COCCCn1c(-c2ccc(OC)cc2)csc1=Nc1ccccc1. The molecule has 3 aromatic rings. The molecule has 0 radical (unpaired) electrons. The van der Waals surface area contributed by atoms with Crippen molar-refractivity contribution in [1.82, 2.24) is 4.57 Å². The molecule has 4 nitrogen and oxygen atoms in total. The molecule has 0 saturated carbocycles. The maximum Gasteiger partial charge on any atom is 0.190 e. The van der Waals surface area contributed by atoms with Crippen molar-refractivity contribution >= 4 is 17.0 Å². The molecule has 0 N–H and O–H groups in total. The molecule has 0 amide bonds. The molecular weight excluding hydrogens is 332 g/mol. The molecule has 0 aliphatic heterocycles. The second kappa shape index (κ2) is 8.65. The third-order valence-corrected chi connectivity index (χ3v) is 4.76. The molecule has 0 spiro atoms. The van der Waals surface area contributed by atoms with Crippen LogP contribution in [-0.4, -0.2) is 25.4 Å². The Balaban J connectivity index is 2.01. The molecule has 3 rings (SSSR count). The van der Waals surface area contributed by atoms with Gasteiger partial charge in [-0.1, -0.05) is 18.2 Å². The number of rotatable bonds is 7. The Labute approximate surface area is 152 Å². The van der Waals surface area contributed by atoms with Gasteiger partial charge < -0.3 is 14.0 Å². The van der Waals surface area contributed by atoms with E-state index >= 15 is 0 Å². The van der Waals surface area contributed by atoms with E-state index in [2.05, 4.69) is 22.1 Å². The molecule has 0 saturated heterocycles. The number of benzene rings is 2. The van der Waals surface area contributed by atoms with Crippen LogP contribution in [0.3, 0.4) is 0 Å². The zero-order chi connectivity index (χ0) is 17.5. The standard InChI is InChI=1S/C20H22N2O2S/c1-23-14-6-13-22-19(16-9-11-18(24-2)12-10-16)15-25-20(22)21-17-7-4-3-5-8-17/h3-5,7-12,15H,6,13-14H2,1-2H3. The third kappa shape index (κ3) is 4.38. The van der Waals surface area contributed by atoms with E-state index in [-0.39, 0.29) is 0 Å². The molecule has 0 aliphatic carbocycles. The first kappa shape index (κ1) is 17.5. The van der Waals surface area contributed by atoms with Crippen molar-refractivity contribution in [3.05, 3.63) is 64.8 Å². The lowest BCUT2D eigenvalue weighted by Crippen LogP contribution is -2.17. The van der Waals surface area contributed by atoms with Gasteiger partial charge in [-0.15, -0.1) is 11.3 Å².